The molecule has 31 heavy (non-hydrogen) atoms. The van der Waals surface area contributed by atoms with E-state index in [2.05, 4.69) is 5.32 Å². The number of rotatable bonds is 6. The molecule has 2 aromatic rings. The van der Waals surface area contributed by atoms with Crippen LogP contribution in [0.4, 0.5) is 5.69 Å². The van der Waals surface area contributed by atoms with Gasteiger partial charge in [0.1, 0.15) is 17.9 Å². The third-order valence-electron chi connectivity index (χ3n) is 5.94. The first-order valence-corrected chi connectivity index (χ1v) is 10.6. The lowest BCUT2D eigenvalue weighted by atomic mass is 9.88. The number of nitrogens with one attached hydrogen (secondary N) is 1. The van der Waals surface area contributed by atoms with Crippen LogP contribution in [0.15, 0.2) is 53.5 Å². The van der Waals surface area contributed by atoms with E-state index in [9.17, 15) is 9.59 Å². The molecule has 0 radical (unpaired) electrons. The zero-order chi connectivity index (χ0) is 21.8. The number of nitrogens with zero attached hydrogens (tertiary/aromatic N) is 2. The van der Waals surface area contributed by atoms with Crippen molar-refractivity contribution in [3.8, 4) is 11.5 Å². The quantitative estimate of drug-likeness (QED) is 0.772. The second-order valence-electron chi connectivity index (χ2n) is 7.88. The molecular weight excluding hydrogens is 394 g/mol. The monoisotopic (exact) mass is 421 g/mol. The van der Waals surface area contributed by atoms with Crippen molar-refractivity contribution in [2.24, 2.45) is 4.99 Å². The Bertz CT molecular complexity index is 997. The van der Waals surface area contributed by atoms with Crippen molar-refractivity contribution < 1.29 is 19.1 Å². The number of benzene rings is 2. The topological polar surface area (TPSA) is 80.2 Å². The van der Waals surface area contributed by atoms with Crippen molar-refractivity contribution >= 4 is 23.2 Å². The first-order chi connectivity index (χ1) is 15.1. The zero-order valence-electron chi connectivity index (χ0n) is 17.9. The van der Waals surface area contributed by atoms with Gasteiger partial charge in [-0.15, -0.1) is 0 Å². The van der Waals surface area contributed by atoms with Gasteiger partial charge in [-0.05, 0) is 37.8 Å². The lowest BCUT2D eigenvalue weighted by Gasteiger charge is -2.38. The van der Waals surface area contributed by atoms with E-state index >= 15 is 0 Å². The van der Waals surface area contributed by atoms with E-state index in [1.165, 1.54) is 0 Å². The lowest BCUT2D eigenvalue weighted by Crippen LogP contribution is -2.51. The Morgan fingerprint density at radius 2 is 1.74 bits per heavy atom. The minimum atomic E-state index is -0.630. The number of methoxy groups -OCH3 is 2. The zero-order valence-corrected chi connectivity index (χ0v) is 17.9. The molecule has 2 aromatic carbocycles. The van der Waals surface area contributed by atoms with Crippen molar-refractivity contribution in [1.29, 1.82) is 0 Å². The Hall–Kier alpha value is -3.35. The van der Waals surface area contributed by atoms with Gasteiger partial charge in [0.05, 0.1) is 14.2 Å². The van der Waals surface area contributed by atoms with Crippen LogP contribution in [0.1, 0.15) is 37.7 Å². The normalized spacial score (nSPS) is 17.4. The molecule has 1 spiro atoms. The van der Waals surface area contributed by atoms with Gasteiger partial charge >= 0.3 is 0 Å². The van der Waals surface area contributed by atoms with E-state index < -0.39 is 5.66 Å². The predicted octanol–water partition coefficient (Wildman–Crippen LogP) is 3.63. The first-order valence-electron chi connectivity index (χ1n) is 10.6. The number of anilines is 1. The van der Waals surface area contributed by atoms with E-state index in [4.69, 9.17) is 14.5 Å². The maximum absolute atomic E-state index is 13.3. The van der Waals surface area contributed by atoms with Crippen molar-refractivity contribution in [3.63, 3.8) is 0 Å². The molecule has 1 aliphatic heterocycles. The largest absolute Gasteiger partial charge is 0.493 e. The number of amides is 2. The number of ether oxygens (including phenoxy) is 2. The van der Waals surface area contributed by atoms with Crippen molar-refractivity contribution in [2.75, 3.05) is 26.1 Å². The van der Waals surface area contributed by atoms with E-state index in [1.54, 1.807) is 37.3 Å². The highest BCUT2D eigenvalue weighted by molar-refractivity contribution is 6.47. The molecule has 0 aromatic heterocycles. The van der Waals surface area contributed by atoms with Crippen LogP contribution in [0.25, 0.3) is 0 Å². The fourth-order valence-electron chi connectivity index (χ4n) is 4.39. The molecule has 1 saturated carbocycles. The molecule has 0 unspecified atom stereocenters. The highest BCUT2D eigenvalue weighted by Gasteiger charge is 2.48. The van der Waals surface area contributed by atoms with Crippen LogP contribution in [0.3, 0.4) is 0 Å². The summed E-state index contributed by atoms with van der Waals surface area (Å²) in [6, 6.07) is 14.7. The fraction of sp³-hybridized carbons (Fsp3) is 0.375. The number of carbonyl (C=O) groups excluding carboxylic acids is 2. The van der Waals surface area contributed by atoms with Crippen molar-refractivity contribution in [3.05, 3.63) is 54.1 Å². The molecule has 4 rings (SSSR count). The van der Waals surface area contributed by atoms with Gasteiger partial charge in [0.15, 0.2) is 11.5 Å². The third kappa shape index (κ3) is 4.13. The standard InChI is InChI=1S/C24H27N3O4/c1-30-19-12-11-18(15-20(19)31-2)25-21(28)16-27-23(29)22(17-9-5-3-6-10-17)26-24(27)13-7-4-8-14-24/h3,5-6,9-12,15H,4,7-8,13-14,16H2,1-2H3,(H,25,28). The fourth-order valence-corrected chi connectivity index (χ4v) is 4.39. The maximum atomic E-state index is 13.3. The summed E-state index contributed by atoms with van der Waals surface area (Å²) in [6.07, 6.45) is 4.66. The van der Waals surface area contributed by atoms with Crippen LogP contribution >= 0.6 is 0 Å². The summed E-state index contributed by atoms with van der Waals surface area (Å²) in [5.41, 5.74) is 1.19. The predicted molar refractivity (Wildman–Crippen MR) is 119 cm³/mol. The van der Waals surface area contributed by atoms with Gasteiger partial charge in [-0.25, -0.2) is 0 Å². The number of aliphatic imine (C=N–C) groups is 1. The van der Waals surface area contributed by atoms with Gasteiger partial charge in [0.25, 0.3) is 5.91 Å². The van der Waals surface area contributed by atoms with Crippen LogP contribution in [-0.4, -0.2) is 48.9 Å². The van der Waals surface area contributed by atoms with Gasteiger partial charge in [0, 0.05) is 17.3 Å². The SMILES string of the molecule is COc1ccc(NC(=O)CN2C(=O)C(c3ccccc3)=NC23CCCCC3)cc1OC. The van der Waals surface area contributed by atoms with Crippen LogP contribution in [0, 0.1) is 0 Å². The number of hydrogen-bond donors (Lipinski definition) is 1. The van der Waals surface area contributed by atoms with Gasteiger partial charge in [-0.3, -0.25) is 14.6 Å². The minimum absolute atomic E-state index is 0.0486. The van der Waals surface area contributed by atoms with E-state index in [1.807, 2.05) is 30.3 Å². The van der Waals surface area contributed by atoms with Gasteiger partial charge < -0.3 is 19.7 Å². The molecule has 0 atom stereocenters. The van der Waals surface area contributed by atoms with Crippen molar-refractivity contribution in [1.82, 2.24) is 4.90 Å². The average Bonchev–Trinajstić information content (AvgIpc) is 3.06. The Balaban J connectivity index is 1.55. The maximum Gasteiger partial charge on any atom is 0.275 e. The van der Waals surface area contributed by atoms with Crippen LogP contribution < -0.4 is 14.8 Å². The molecule has 7 heteroatoms. The summed E-state index contributed by atoms with van der Waals surface area (Å²) in [4.78, 5) is 32.8. The third-order valence-corrected chi connectivity index (χ3v) is 5.94. The summed E-state index contributed by atoms with van der Waals surface area (Å²) in [7, 11) is 3.10. The summed E-state index contributed by atoms with van der Waals surface area (Å²) in [5.74, 6) is 0.652. The first kappa shape index (κ1) is 20.9. The summed E-state index contributed by atoms with van der Waals surface area (Å²) in [5, 5.41) is 2.87. The summed E-state index contributed by atoms with van der Waals surface area (Å²) in [6.45, 7) is -0.0486. The van der Waals surface area contributed by atoms with Gasteiger partial charge in [-0.1, -0.05) is 36.8 Å². The molecule has 1 fully saturated rings. The second-order valence-corrected chi connectivity index (χ2v) is 7.88. The Kier molecular flexibility index (Phi) is 5.93. The molecular formula is C24H27N3O4. The van der Waals surface area contributed by atoms with Crippen LogP contribution in [0.2, 0.25) is 0 Å². The number of carbonyl (C=O) groups is 2. The average molecular weight is 421 g/mol. The van der Waals surface area contributed by atoms with Gasteiger partial charge in [0.2, 0.25) is 5.91 Å². The van der Waals surface area contributed by atoms with E-state index in [0.29, 0.717) is 22.9 Å². The highest BCUT2D eigenvalue weighted by Crippen LogP contribution is 2.39. The summed E-state index contributed by atoms with van der Waals surface area (Å²) < 4.78 is 10.5. The Labute approximate surface area is 182 Å². The van der Waals surface area contributed by atoms with Crippen molar-refractivity contribution in [2.45, 2.75) is 37.8 Å². The second kappa shape index (κ2) is 8.79. The molecule has 162 valence electrons. The van der Waals surface area contributed by atoms with Crippen LogP contribution in [0.5, 0.6) is 11.5 Å². The van der Waals surface area contributed by atoms with E-state index in [-0.39, 0.29) is 18.4 Å². The van der Waals surface area contributed by atoms with Gasteiger partial charge in [-0.2, -0.15) is 0 Å². The molecule has 2 amide bonds. The lowest BCUT2D eigenvalue weighted by molar-refractivity contribution is -0.134. The van der Waals surface area contributed by atoms with Crippen LogP contribution in [-0.2, 0) is 9.59 Å². The Morgan fingerprint density at radius 1 is 1.03 bits per heavy atom. The molecule has 0 saturated heterocycles. The molecule has 2 aliphatic rings. The van der Waals surface area contributed by atoms with E-state index in [0.717, 1.165) is 37.7 Å². The molecule has 7 nitrogen and oxygen atoms in total. The molecule has 1 aliphatic carbocycles. The molecule has 1 heterocycles. The smallest absolute Gasteiger partial charge is 0.275 e. The summed E-state index contributed by atoms with van der Waals surface area (Å²) >= 11 is 0. The number of hydrogen-bond acceptors (Lipinski definition) is 5. The minimum Gasteiger partial charge on any atom is -0.493 e. The molecule has 0 bridgehead atoms. The highest BCUT2D eigenvalue weighted by atomic mass is 16.5. The molecule has 1 N–H and O–H groups in total. The Morgan fingerprint density at radius 3 is 2.42 bits per heavy atom.